The van der Waals surface area contributed by atoms with Gasteiger partial charge in [0.15, 0.2) is 0 Å². The van der Waals surface area contributed by atoms with E-state index in [1.807, 2.05) is 0 Å². The predicted molar refractivity (Wildman–Crippen MR) is 84.1 cm³/mol. The Morgan fingerprint density at radius 3 is 2.35 bits per heavy atom. The summed E-state index contributed by atoms with van der Waals surface area (Å²) in [4.78, 5) is 5.12. The lowest BCUT2D eigenvalue weighted by Crippen LogP contribution is -2.54. The van der Waals surface area contributed by atoms with Gasteiger partial charge in [-0.05, 0) is 38.3 Å². The molecule has 1 atom stereocenters. The Hall–Kier alpha value is -0.160. The fourth-order valence-corrected chi connectivity index (χ4v) is 3.33. The lowest BCUT2D eigenvalue weighted by Gasteiger charge is -2.40. The van der Waals surface area contributed by atoms with Crippen molar-refractivity contribution in [2.45, 2.75) is 32.7 Å². The van der Waals surface area contributed by atoms with Gasteiger partial charge in [-0.1, -0.05) is 13.8 Å². The molecule has 0 bridgehead atoms. The highest BCUT2D eigenvalue weighted by Gasteiger charge is 2.25. The van der Waals surface area contributed by atoms with Crippen LogP contribution in [0.5, 0.6) is 0 Å². The second kappa shape index (κ2) is 8.32. The van der Waals surface area contributed by atoms with Crippen molar-refractivity contribution in [1.82, 2.24) is 15.1 Å². The normalized spacial score (nSPS) is 25.2. The Labute approximate surface area is 124 Å². The van der Waals surface area contributed by atoms with E-state index in [1.54, 1.807) is 0 Å². The van der Waals surface area contributed by atoms with Gasteiger partial charge in [0.1, 0.15) is 0 Å². The summed E-state index contributed by atoms with van der Waals surface area (Å²) in [6.07, 6.45) is 2.46. The summed E-state index contributed by atoms with van der Waals surface area (Å²) < 4.78 is 5.43. The first kappa shape index (κ1) is 16.2. The van der Waals surface area contributed by atoms with Crippen molar-refractivity contribution in [2.75, 3.05) is 59.5 Å². The Bertz CT molecular complexity index is 258. The number of likely N-dealkylation sites (N-methyl/N-ethyl adjacent to an activating group) is 1. The second-order valence-corrected chi connectivity index (χ2v) is 6.86. The van der Waals surface area contributed by atoms with Gasteiger partial charge in [0, 0.05) is 52.0 Å². The fraction of sp³-hybridized carbons (Fsp3) is 1.00. The summed E-state index contributed by atoms with van der Waals surface area (Å²) in [5.41, 5.74) is 0. The van der Waals surface area contributed by atoms with Crippen LogP contribution in [0.2, 0.25) is 0 Å². The van der Waals surface area contributed by atoms with Crippen molar-refractivity contribution in [2.24, 2.45) is 11.8 Å². The van der Waals surface area contributed by atoms with E-state index in [2.05, 4.69) is 36.0 Å². The van der Waals surface area contributed by atoms with Gasteiger partial charge >= 0.3 is 0 Å². The minimum absolute atomic E-state index is 0.684. The third-order valence-corrected chi connectivity index (χ3v) is 4.90. The van der Waals surface area contributed by atoms with Gasteiger partial charge in [-0.2, -0.15) is 0 Å². The molecule has 118 valence electrons. The smallest absolute Gasteiger partial charge is 0.0469 e. The molecule has 4 heteroatoms. The van der Waals surface area contributed by atoms with Crippen LogP contribution in [0.4, 0.5) is 0 Å². The largest absolute Gasteiger partial charge is 0.381 e. The molecule has 4 nitrogen and oxygen atoms in total. The number of nitrogens with zero attached hydrogens (tertiary/aromatic N) is 2. The summed E-state index contributed by atoms with van der Waals surface area (Å²) in [6, 6.07) is 0.684. The minimum atomic E-state index is 0.684. The zero-order valence-corrected chi connectivity index (χ0v) is 13.6. The number of piperazine rings is 1. The third kappa shape index (κ3) is 4.99. The highest BCUT2D eigenvalue weighted by molar-refractivity contribution is 4.82. The summed E-state index contributed by atoms with van der Waals surface area (Å²) in [5.74, 6) is 1.55. The molecule has 0 radical (unpaired) electrons. The maximum Gasteiger partial charge on any atom is 0.0469 e. The molecule has 20 heavy (non-hydrogen) atoms. The predicted octanol–water partition coefficient (Wildman–Crippen LogP) is 1.27. The van der Waals surface area contributed by atoms with Crippen LogP contribution < -0.4 is 5.32 Å². The molecule has 0 aromatic rings. The molecule has 1 unspecified atom stereocenters. The molecule has 2 heterocycles. The fourth-order valence-electron chi connectivity index (χ4n) is 3.33. The molecule has 0 spiro atoms. The number of rotatable bonds is 6. The van der Waals surface area contributed by atoms with Crippen LogP contribution in [-0.4, -0.2) is 75.4 Å². The zero-order chi connectivity index (χ0) is 14.4. The third-order valence-electron chi connectivity index (χ3n) is 4.90. The van der Waals surface area contributed by atoms with Crippen molar-refractivity contribution < 1.29 is 4.74 Å². The van der Waals surface area contributed by atoms with Gasteiger partial charge in [-0.3, -0.25) is 4.90 Å². The van der Waals surface area contributed by atoms with Crippen LogP contribution in [-0.2, 0) is 4.74 Å². The molecular formula is C16H33N3O. The van der Waals surface area contributed by atoms with Gasteiger partial charge in [0.25, 0.3) is 0 Å². The van der Waals surface area contributed by atoms with Crippen LogP contribution in [0.15, 0.2) is 0 Å². The zero-order valence-electron chi connectivity index (χ0n) is 13.6. The number of nitrogens with one attached hydrogen (secondary N) is 1. The molecule has 0 aromatic heterocycles. The van der Waals surface area contributed by atoms with Gasteiger partial charge < -0.3 is 15.0 Å². The molecule has 2 rings (SSSR count). The summed E-state index contributed by atoms with van der Waals surface area (Å²) in [7, 11) is 2.23. The van der Waals surface area contributed by atoms with Crippen molar-refractivity contribution in [1.29, 1.82) is 0 Å². The molecule has 2 aliphatic heterocycles. The Morgan fingerprint density at radius 2 is 1.75 bits per heavy atom. The molecule has 2 fully saturated rings. The minimum Gasteiger partial charge on any atom is -0.381 e. The van der Waals surface area contributed by atoms with E-state index >= 15 is 0 Å². The number of hydrogen-bond acceptors (Lipinski definition) is 4. The average molecular weight is 283 g/mol. The number of ether oxygens (including phenoxy) is 1. The summed E-state index contributed by atoms with van der Waals surface area (Å²) >= 11 is 0. The molecule has 0 aromatic carbocycles. The SMILES string of the molecule is CC(C)C(CNCC1CCOCC1)N1CCN(C)CC1. The van der Waals surface area contributed by atoms with E-state index in [-0.39, 0.29) is 0 Å². The van der Waals surface area contributed by atoms with Gasteiger partial charge in [0.2, 0.25) is 0 Å². The summed E-state index contributed by atoms with van der Waals surface area (Å²) in [5, 5.41) is 3.73. The molecule has 0 saturated carbocycles. The van der Waals surface area contributed by atoms with E-state index in [1.165, 1.54) is 45.6 Å². The van der Waals surface area contributed by atoms with E-state index in [9.17, 15) is 0 Å². The quantitative estimate of drug-likeness (QED) is 0.795. The maximum atomic E-state index is 5.43. The Morgan fingerprint density at radius 1 is 1.10 bits per heavy atom. The molecule has 1 N–H and O–H groups in total. The molecule has 0 aliphatic carbocycles. The molecule has 2 saturated heterocycles. The van der Waals surface area contributed by atoms with Crippen LogP contribution in [0.1, 0.15) is 26.7 Å². The first-order chi connectivity index (χ1) is 9.66. The van der Waals surface area contributed by atoms with E-state index < -0.39 is 0 Å². The lowest BCUT2D eigenvalue weighted by molar-refractivity contribution is 0.0624. The van der Waals surface area contributed by atoms with E-state index in [4.69, 9.17) is 4.74 Å². The van der Waals surface area contributed by atoms with Crippen LogP contribution in [0, 0.1) is 11.8 Å². The molecular weight excluding hydrogens is 250 g/mol. The van der Waals surface area contributed by atoms with Crippen molar-refractivity contribution in [3.05, 3.63) is 0 Å². The van der Waals surface area contributed by atoms with Gasteiger partial charge in [-0.25, -0.2) is 0 Å². The molecule has 2 aliphatic rings. The maximum absolute atomic E-state index is 5.43. The Balaban J connectivity index is 1.71. The lowest BCUT2D eigenvalue weighted by atomic mass is 9.98. The van der Waals surface area contributed by atoms with E-state index in [0.29, 0.717) is 6.04 Å². The monoisotopic (exact) mass is 283 g/mol. The average Bonchev–Trinajstić information content (AvgIpc) is 2.46. The first-order valence-electron chi connectivity index (χ1n) is 8.38. The van der Waals surface area contributed by atoms with Gasteiger partial charge in [0.05, 0.1) is 0 Å². The van der Waals surface area contributed by atoms with Crippen molar-refractivity contribution in [3.63, 3.8) is 0 Å². The van der Waals surface area contributed by atoms with Gasteiger partial charge in [-0.15, -0.1) is 0 Å². The standard InChI is InChI=1S/C16H33N3O/c1-14(2)16(19-8-6-18(3)7-9-19)13-17-12-15-4-10-20-11-5-15/h14-17H,4-13H2,1-3H3. The van der Waals surface area contributed by atoms with Crippen molar-refractivity contribution in [3.8, 4) is 0 Å². The second-order valence-electron chi connectivity index (χ2n) is 6.86. The van der Waals surface area contributed by atoms with E-state index in [0.717, 1.165) is 31.6 Å². The van der Waals surface area contributed by atoms with Crippen LogP contribution in [0.3, 0.4) is 0 Å². The first-order valence-corrected chi connectivity index (χ1v) is 8.38. The Kier molecular flexibility index (Phi) is 6.75. The highest BCUT2D eigenvalue weighted by atomic mass is 16.5. The summed E-state index contributed by atoms with van der Waals surface area (Å²) in [6.45, 7) is 13.8. The topological polar surface area (TPSA) is 27.7 Å². The van der Waals surface area contributed by atoms with Crippen LogP contribution >= 0.6 is 0 Å². The molecule has 0 amide bonds. The van der Waals surface area contributed by atoms with Crippen molar-refractivity contribution >= 4 is 0 Å². The highest BCUT2D eigenvalue weighted by Crippen LogP contribution is 2.15. The number of hydrogen-bond donors (Lipinski definition) is 1. The van der Waals surface area contributed by atoms with Crippen LogP contribution in [0.25, 0.3) is 0 Å².